The van der Waals surface area contributed by atoms with Crippen molar-refractivity contribution in [3.63, 3.8) is 0 Å². The van der Waals surface area contributed by atoms with Gasteiger partial charge in [0.15, 0.2) is 4.67 Å². The minimum atomic E-state index is -0.183. The monoisotopic (exact) mass is 346 g/mol. The summed E-state index contributed by atoms with van der Waals surface area (Å²) in [6.07, 6.45) is 0.562. The molecule has 0 saturated carbocycles. The maximum atomic E-state index is 13.4. The number of halogens is 3. The van der Waals surface area contributed by atoms with Crippen molar-refractivity contribution in [1.82, 2.24) is 0 Å². The fourth-order valence-electron chi connectivity index (χ4n) is 1.45. The number of hydrogen-bond donors (Lipinski definition) is 0. The lowest BCUT2D eigenvalue weighted by molar-refractivity contribution is 0.483. The third kappa shape index (κ3) is 2.74. The Hall–Kier alpha value is -0.610. The summed E-state index contributed by atoms with van der Waals surface area (Å²) in [6.45, 7) is 0. The molecule has 1 atom stereocenters. The fourth-order valence-corrected chi connectivity index (χ4v) is 2.37. The highest BCUT2D eigenvalue weighted by atomic mass is 79.9. The van der Waals surface area contributed by atoms with Gasteiger partial charge in [0.25, 0.3) is 0 Å². The highest BCUT2D eigenvalue weighted by Crippen LogP contribution is 2.30. The van der Waals surface area contributed by atoms with Crippen LogP contribution in [0, 0.1) is 5.82 Å². The molecule has 1 aromatic heterocycles. The Bertz CT molecular complexity index is 481. The van der Waals surface area contributed by atoms with Crippen LogP contribution in [-0.4, -0.2) is 0 Å². The summed E-state index contributed by atoms with van der Waals surface area (Å²) in [6, 6.07) is 10.5. The van der Waals surface area contributed by atoms with Gasteiger partial charge in [-0.3, -0.25) is 0 Å². The summed E-state index contributed by atoms with van der Waals surface area (Å²) in [5, 5.41) is 0. The van der Waals surface area contributed by atoms with Crippen molar-refractivity contribution >= 4 is 31.9 Å². The lowest BCUT2D eigenvalue weighted by Gasteiger charge is -2.07. The van der Waals surface area contributed by atoms with Crippen LogP contribution in [-0.2, 0) is 6.42 Å². The van der Waals surface area contributed by atoms with E-state index in [9.17, 15) is 4.39 Å². The first-order chi connectivity index (χ1) is 7.66. The number of alkyl halides is 1. The van der Waals surface area contributed by atoms with Crippen molar-refractivity contribution in [3.8, 4) is 0 Å². The molecule has 0 aliphatic heterocycles. The maximum Gasteiger partial charge on any atom is 0.169 e. The second-order valence-electron chi connectivity index (χ2n) is 3.40. The van der Waals surface area contributed by atoms with Gasteiger partial charge < -0.3 is 4.42 Å². The molecular formula is C12H9Br2FO. The van der Waals surface area contributed by atoms with Crippen LogP contribution in [0.1, 0.15) is 16.2 Å². The van der Waals surface area contributed by atoms with Crippen LogP contribution >= 0.6 is 31.9 Å². The Labute approximate surface area is 110 Å². The minimum absolute atomic E-state index is 0.0179. The summed E-state index contributed by atoms with van der Waals surface area (Å²) in [4.78, 5) is -0.0179. The van der Waals surface area contributed by atoms with Gasteiger partial charge >= 0.3 is 0 Å². The molecule has 84 valence electrons. The topological polar surface area (TPSA) is 13.1 Å². The van der Waals surface area contributed by atoms with E-state index in [1.165, 1.54) is 6.07 Å². The molecule has 1 heterocycles. The molecule has 0 aliphatic rings. The zero-order valence-electron chi connectivity index (χ0n) is 8.29. The molecule has 0 aliphatic carbocycles. The Morgan fingerprint density at radius 3 is 2.56 bits per heavy atom. The molecule has 1 aromatic carbocycles. The normalized spacial score (nSPS) is 12.7. The van der Waals surface area contributed by atoms with E-state index in [2.05, 4.69) is 31.9 Å². The average Bonchev–Trinajstić information content (AvgIpc) is 2.68. The van der Waals surface area contributed by atoms with Crippen molar-refractivity contribution in [2.45, 2.75) is 11.2 Å². The predicted molar refractivity (Wildman–Crippen MR) is 68.2 cm³/mol. The fraction of sp³-hybridized carbons (Fsp3) is 0.167. The molecule has 1 nitrogen and oxygen atoms in total. The quantitative estimate of drug-likeness (QED) is 0.722. The molecule has 0 amide bonds. The van der Waals surface area contributed by atoms with E-state index < -0.39 is 0 Å². The van der Waals surface area contributed by atoms with Gasteiger partial charge in [-0.15, -0.1) is 0 Å². The van der Waals surface area contributed by atoms with Gasteiger partial charge in [-0.05, 0) is 46.1 Å². The summed E-state index contributed by atoms with van der Waals surface area (Å²) in [7, 11) is 0. The van der Waals surface area contributed by atoms with Crippen LogP contribution in [0.4, 0.5) is 4.39 Å². The Balaban J connectivity index is 2.13. The van der Waals surface area contributed by atoms with E-state index in [1.807, 2.05) is 18.2 Å². The van der Waals surface area contributed by atoms with Crippen LogP contribution in [0.15, 0.2) is 45.5 Å². The third-order valence-corrected chi connectivity index (χ3v) is 3.46. The molecule has 2 rings (SSSR count). The molecule has 4 heteroatoms. The van der Waals surface area contributed by atoms with Crippen molar-refractivity contribution in [1.29, 1.82) is 0 Å². The Kier molecular flexibility index (Phi) is 3.82. The summed E-state index contributed by atoms with van der Waals surface area (Å²) in [5.74, 6) is 0.604. The second-order valence-corrected chi connectivity index (χ2v) is 5.29. The van der Waals surface area contributed by atoms with E-state index in [1.54, 1.807) is 12.1 Å². The van der Waals surface area contributed by atoms with Crippen molar-refractivity contribution < 1.29 is 8.81 Å². The maximum absolute atomic E-state index is 13.4. The van der Waals surface area contributed by atoms with Crippen LogP contribution in [0.5, 0.6) is 0 Å². The van der Waals surface area contributed by atoms with Gasteiger partial charge in [0, 0.05) is 0 Å². The zero-order chi connectivity index (χ0) is 11.5. The van der Waals surface area contributed by atoms with Crippen LogP contribution < -0.4 is 0 Å². The molecular weight excluding hydrogens is 339 g/mol. The van der Waals surface area contributed by atoms with Gasteiger partial charge in [0.2, 0.25) is 0 Å². The number of benzene rings is 1. The number of hydrogen-bond acceptors (Lipinski definition) is 1. The highest BCUT2D eigenvalue weighted by molar-refractivity contribution is 9.10. The summed E-state index contributed by atoms with van der Waals surface area (Å²) in [5.41, 5.74) is 0.678. The SMILES string of the molecule is Fc1ccccc1CC(Br)c1ccc(Br)o1. The molecule has 2 aromatic rings. The first kappa shape index (κ1) is 11.9. The summed E-state index contributed by atoms with van der Waals surface area (Å²) < 4.78 is 19.5. The molecule has 0 bridgehead atoms. The van der Waals surface area contributed by atoms with E-state index in [4.69, 9.17) is 4.42 Å². The van der Waals surface area contributed by atoms with Crippen LogP contribution in [0.3, 0.4) is 0 Å². The van der Waals surface area contributed by atoms with Gasteiger partial charge in [0.05, 0.1) is 4.83 Å². The third-order valence-electron chi connectivity index (χ3n) is 2.26. The van der Waals surface area contributed by atoms with Crippen molar-refractivity contribution in [2.75, 3.05) is 0 Å². The Morgan fingerprint density at radius 1 is 1.19 bits per heavy atom. The second kappa shape index (κ2) is 5.15. The smallest absolute Gasteiger partial charge is 0.169 e. The van der Waals surface area contributed by atoms with Gasteiger partial charge in [-0.1, -0.05) is 34.1 Å². The first-order valence-electron chi connectivity index (χ1n) is 4.79. The minimum Gasteiger partial charge on any atom is -0.453 e. The molecule has 0 spiro atoms. The van der Waals surface area contributed by atoms with Gasteiger partial charge in [-0.2, -0.15) is 0 Å². The Morgan fingerprint density at radius 2 is 1.94 bits per heavy atom. The highest BCUT2D eigenvalue weighted by Gasteiger charge is 2.14. The average molecular weight is 348 g/mol. The molecule has 0 fully saturated rings. The van der Waals surface area contributed by atoms with Crippen LogP contribution in [0.25, 0.3) is 0 Å². The molecule has 16 heavy (non-hydrogen) atoms. The molecule has 0 N–H and O–H groups in total. The van der Waals surface area contributed by atoms with E-state index in [-0.39, 0.29) is 10.6 Å². The largest absolute Gasteiger partial charge is 0.453 e. The number of rotatable bonds is 3. The molecule has 1 unspecified atom stereocenters. The number of furan rings is 1. The first-order valence-corrected chi connectivity index (χ1v) is 6.50. The molecule has 0 radical (unpaired) electrons. The van der Waals surface area contributed by atoms with E-state index >= 15 is 0 Å². The standard InChI is InChI=1S/C12H9Br2FO/c13-9(11-5-6-12(14)16-11)7-8-3-1-2-4-10(8)15/h1-6,9H,7H2. The van der Waals surface area contributed by atoms with Crippen LogP contribution in [0.2, 0.25) is 0 Å². The van der Waals surface area contributed by atoms with Crippen molar-refractivity contribution in [2.24, 2.45) is 0 Å². The summed E-state index contributed by atoms with van der Waals surface area (Å²) >= 11 is 6.73. The predicted octanol–water partition coefficient (Wildman–Crippen LogP) is 4.86. The van der Waals surface area contributed by atoms with E-state index in [0.29, 0.717) is 16.7 Å². The van der Waals surface area contributed by atoms with E-state index in [0.717, 1.165) is 5.76 Å². The van der Waals surface area contributed by atoms with Gasteiger partial charge in [-0.25, -0.2) is 4.39 Å². The zero-order valence-corrected chi connectivity index (χ0v) is 11.5. The van der Waals surface area contributed by atoms with Crippen molar-refractivity contribution in [3.05, 3.63) is 58.2 Å². The lowest BCUT2D eigenvalue weighted by atomic mass is 10.1. The lowest BCUT2D eigenvalue weighted by Crippen LogP contribution is -1.96. The van der Waals surface area contributed by atoms with Gasteiger partial charge in [0.1, 0.15) is 11.6 Å². The molecule has 0 saturated heterocycles.